The van der Waals surface area contributed by atoms with Crippen molar-refractivity contribution in [2.45, 2.75) is 13.0 Å². The predicted molar refractivity (Wildman–Crippen MR) is 114 cm³/mol. The highest BCUT2D eigenvalue weighted by atomic mass is 19.1. The van der Waals surface area contributed by atoms with Gasteiger partial charge >= 0.3 is 0 Å². The summed E-state index contributed by atoms with van der Waals surface area (Å²) in [6, 6.07) is 21.7. The van der Waals surface area contributed by atoms with Crippen molar-refractivity contribution in [3.05, 3.63) is 78.1 Å². The minimum atomic E-state index is -0.204. The van der Waals surface area contributed by atoms with E-state index < -0.39 is 0 Å². The molecule has 1 saturated heterocycles. The minimum absolute atomic E-state index is 0.144. The Morgan fingerprint density at radius 1 is 0.966 bits per heavy atom. The van der Waals surface area contributed by atoms with Gasteiger partial charge in [-0.2, -0.15) is 0 Å². The Morgan fingerprint density at radius 3 is 2.45 bits per heavy atom. The number of piperazine rings is 1. The lowest BCUT2D eigenvalue weighted by Gasteiger charge is -2.36. The third-order valence-electron chi connectivity index (χ3n) is 5.79. The third kappa shape index (κ3) is 4.25. The molecule has 0 spiro atoms. The maximum Gasteiger partial charge on any atom is 0.277 e. The Balaban J connectivity index is 1.33. The quantitative estimate of drug-likeness (QED) is 0.725. The van der Waals surface area contributed by atoms with E-state index in [-0.39, 0.29) is 17.8 Å². The zero-order valence-electron chi connectivity index (χ0n) is 16.7. The number of carbonyl (C=O) groups excluding carboxylic acids is 1. The van der Waals surface area contributed by atoms with Gasteiger partial charge in [-0.3, -0.25) is 4.79 Å². The number of carbonyl (C=O) groups is 1. The lowest BCUT2D eigenvalue weighted by molar-refractivity contribution is -0.682. The molecule has 0 bridgehead atoms. The van der Waals surface area contributed by atoms with Gasteiger partial charge in [-0.05, 0) is 29.8 Å². The fraction of sp³-hybridized carbons (Fsp3) is 0.292. The van der Waals surface area contributed by atoms with Crippen LogP contribution in [0.3, 0.4) is 0 Å². The summed E-state index contributed by atoms with van der Waals surface area (Å²) in [6.07, 6.45) is 0. The van der Waals surface area contributed by atoms with Gasteiger partial charge in [0.1, 0.15) is 11.9 Å². The highest BCUT2D eigenvalue weighted by Gasteiger charge is 2.24. The van der Waals surface area contributed by atoms with Crippen molar-refractivity contribution in [2.75, 3.05) is 37.6 Å². The molecule has 150 valence electrons. The molecule has 1 atom stereocenters. The van der Waals surface area contributed by atoms with Gasteiger partial charge in [0.15, 0.2) is 6.54 Å². The van der Waals surface area contributed by atoms with Crippen molar-refractivity contribution in [3.63, 3.8) is 0 Å². The summed E-state index contributed by atoms with van der Waals surface area (Å²) in [5.74, 6) is -0.0604. The van der Waals surface area contributed by atoms with Crippen LogP contribution in [0.25, 0.3) is 10.8 Å². The zero-order chi connectivity index (χ0) is 20.2. The van der Waals surface area contributed by atoms with Crippen molar-refractivity contribution >= 4 is 22.4 Å². The first kappa shape index (κ1) is 19.4. The smallest absolute Gasteiger partial charge is 0.277 e. The molecule has 0 unspecified atom stereocenters. The van der Waals surface area contributed by atoms with Gasteiger partial charge < -0.3 is 15.1 Å². The molecule has 1 aliphatic rings. The van der Waals surface area contributed by atoms with E-state index in [9.17, 15) is 9.18 Å². The number of fused-ring (bicyclic) bond motifs is 1. The fourth-order valence-electron chi connectivity index (χ4n) is 4.09. The Morgan fingerprint density at radius 2 is 1.66 bits per heavy atom. The molecular formula is C24H27FN3O+. The third-order valence-corrected chi connectivity index (χ3v) is 5.79. The first-order valence-corrected chi connectivity index (χ1v) is 10.2. The second-order valence-corrected chi connectivity index (χ2v) is 7.62. The Labute approximate surface area is 170 Å². The van der Waals surface area contributed by atoms with E-state index >= 15 is 0 Å². The first-order valence-electron chi connectivity index (χ1n) is 10.2. The lowest BCUT2D eigenvalue weighted by Crippen LogP contribution is -2.87. The van der Waals surface area contributed by atoms with Crippen LogP contribution in [-0.2, 0) is 4.79 Å². The molecule has 0 saturated carbocycles. The number of amides is 1. The molecule has 3 aromatic carbocycles. The minimum Gasteiger partial charge on any atom is -0.366 e. The van der Waals surface area contributed by atoms with Crippen LogP contribution in [0.4, 0.5) is 10.1 Å². The van der Waals surface area contributed by atoms with E-state index in [4.69, 9.17) is 0 Å². The van der Waals surface area contributed by atoms with Gasteiger partial charge in [0.25, 0.3) is 5.91 Å². The fourth-order valence-corrected chi connectivity index (χ4v) is 4.09. The molecule has 1 aliphatic heterocycles. The van der Waals surface area contributed by atoms with Crippen LogP contribution in [0.2, 0.25) is 0 Å². The predicted octanol–water partition coefficient (Wildman–Crippen LogP) is 2.95. The second-order valence-electron chi connectivity index (χ2n) is 7.62. The Hall–Kier alpha value is -2.92. The van der Waals surface area contributed by atoms with Gasteiger partial charge in [0.2, 0.25) is 0 Å². The number of anilines is 1. The van der Waals surface area contributed by atoms with Gasteiger partial charge in [-0.1, -0.05) is 54.6 Å². The van der Waals surface area contributed by atoms with Crippen molar-refractivity contribution in [3.8, 4) is 0 Å². The summed E-state index contributed by atoms with van der Waals surface area (Å²) >= 11 is 0. The van der Waals surface area contributed by atoms with Crippen LogP contribution >= 0.6 is 0 Å². The van der Waals surface area contributed by atoms with E-state index in [1.807, 2.05) is 21.9 Å². The largest absolute Gasteiger partial charge is 0.366 e. The van der Waals surface area contributed by atoms with Crippen molar-refractivity contribution in [2.24, 2.45) is 0 Å². The normalized spacial score (nSPS) is 15.5. The SMILES string of the molecule is C[C@H]([NH2+]CC(=O)N1CCN(c2ccccc2F)CC1)c1cccc2ccccc12. The Bertz CT molecular complexity index is 993. The number of nitrogens with two attached hydrogens (primary N) is 1. The maximum atomic E-state index is 14.0. The summed E-state index contributed by atoms with van der Waals surface area (Å²) in [5.41, 5.74) is 1.87. The standard InChI is InChI=1S/C24H26FN3O/c1-18(20-10-6-8-19-7-2-3-9-21(19)20)26-17-24(29)28-15-13-27(14-16-28)23-12-5-4-11-22(23)25/h2-12,18,26H,13-17H2,1H3/p+1/t18-/m0/s1. The molecule has 5 heteroatoms. The van der Waals surface area contributed by atoms with Crippen LogP contribution in [0.15, 0.2) is 66.7 Å². The van der Waals surface area contributed by atoms with Gasteiger partial charge in [0.05, 0.1) is 5.69 Å². The number of hydrogen-bond acceptors (Lipinski definition) is 2. The number of halogens is 1. The highest BCUT2D eigenvalue weighted by molar-refractivity contribution is 5.86. The summed E-state index contributed by atoms with van der Waals surface area (Å²) in [6.45, 7) is 5.14. The van der Waals surface area contributed by atoms with E-state index in [0.29, 0.717) is 38.4 Å². The van der Waals surface area contributed by atoms with Gasteiger partial charge in [-0.15, -0.1) is 0 Å². The molecule has 0 radical (unpaired) electrons. The topological polar surface area (TPSA) is 40.2 Å². The molecule has 0 aliphatic carbocycles. The average molecular weight is 392 g/mol. The average Bonchev–Trinajstić information content (AvgIpc) is 2.77. The molecule has 4 rings (SSSR count). The van der Waals surface area contributed by atoms with Crippen molar-refractivity contribution < 1.29 is 14.5 Å². The molecule has 1 heterocycles. The van der Waals surface area contributed by atoms with E-state index in [1.54, 1.807) is 12.1 Å². The first-order chi connectivity index (χ1) is 14.1. The number of rotatable bonds is 5. The molecule has 3 aromatic rings. The number of quaternary nitrogens is 1. The second kappa shape index (κ2) is 8.62. The van der Waals surface area contributed by atoms with Gasteiger partial charge in [0, 0.05) is 31.7 Å². The summed E-state index contributed by atoms with van der Waals surface area (Å²) in [5, 5.41) is 4.57. The summed E-state index contributed by atoms with van der Waals surface area (Å²) in [7, 11) is 0. The number of hydrogen-bond donors (Lipinski definition) is 1. The molecule has 1 fully saturated rings. The lowest BCUT2D eigenvalue weighted by atomic mass is 10.00. The van der Waals surface area contributed by atoms with Crippen molar-refractivity contribution in [1.82, 2.24) is 4.90 Å². The van der Waals surface area contributed by atoms with E-state index in [0.717, 1.165) is 0 Å². The maximum absolute atomic E-state index is 14.0. The van der Waals surface area contributed by atoms with Crippen LogP contribution in [-0.4, -0.2) is 43.5 Å². The number of para-hydroxylation sites is 1. The zero-order valence-corrected chi connectivity index (χ0v) is 16.7. The van der Waals surface area contributed by atoms with Crippen molar-refractivity contribution in [1.29, 1.82) is 0 Å². The molecule has 4 nitrogen and oxygen atoms in total. The monoisotopic (exact) mass is 392 g/mol. The van der Waals surface area contributed by atoms with Crippen LogP contribution in [0, 0.1) is 5.82 Å². The molecule has 2 N–H and O–H groups in total. The number of benzene rings is 3. The summed E-state index contributed by atoms with van der Waals surface area (Å²) < 4.78 is 14.0. The number of nitrogens with zero attached hydrogens (tertiary/aromatic N) is 2. The van der Waals surface area contributed by atoms with Crippen LogP contribution < -0.4 is 10.2 Å². The molecular weight excluding hydrogens is 365 g/mol. The van der Waals surface area contributed by atoms with E-state index in [1.165, 1.54) is 22.4 Å². The highest BCUT2D eigenvalue weighted by Crippen LogP contribution is 2.22. The van der Waals surface area contributed by atoms with E-state index in [2.05, 4.69) is 48.6 Å². The molecule has 29 heavy (non-hydrogen) atoms. The molecule has 0 aromatic heterocycles. The Kier molecular flexibility index (Phi) is 5.76. The van der Waals surface area contributed by atoms with Gasteiger partial charge in [-0.25, -0.2) is 4.39 Å². The summed E-state index contributed by atoms with van der Waals surface area (Å²) in [4.78, 5) is 16.6. The van der Waals surface area contributed by atoms with Crippen LogP contribution in [0.1, 0.15) is 18.5 Å². The van der Waals surface area contributed by atoms with Crippen LogP contribution in [0.5, 0.6) is 0 Å². The molecule has 1 amide bonds.